The lowest BCUT2D eigenvalue weighted by atomic mass is 10.2. The lowest BCUT2D eigenvalue weighted by molar-refractivity contribution is 0.345. The second-order valence-corrected chi connectivity index (χ2v) is 5.05. The van der Waals surface area contributed by atoms with E-state index < -0.39 is 0 Å². The molecule has 2 aliphatic heterocycles. The van der Waals surface area contributed by atoms with Crippen molar-refractivity contribution in [2.45, 2.75) is 32.7 Å². The fourth-order valence-electron chi connectivity index (χ4n) is 2.38. The summed E-state index contributed by atoms with van der Waals surface area (Å²) in [5.41, 5.74) is 0. The van der Waals surface area contributed by atoms with Crippen molar-refractivity contribution in [3.63, 3.8) is 0 Å². The highest BCUT2D eigenvalue weighted by Gasteiger charge is 2.24. The van der Waals surface area contributed by atoms with E-state index in [0.717, 1.165) is 31.2 Å². The highest BCUT2D eigenvalue weighted by molar-refractivity contribution is 7.80. The van der Waals surface area contributed by atoms with Crippen LogP contribution in [-0.2, 0) is 0 Å². The maximum Gasteiger partial charge on any atom is 0.0952 e. The van der Waals surface area contributed by atoms with Gasteiger partial charge in [0.2, 0.25) is 0 Å². The Labute approximate surface area is 105 Å². The van der Waals surface area contributed by atoms with Gasteiger partial charge >= 0.3 is 0 Å². The minimum Gasteiger partial charge on any atom is -0.364 e. The highest BCUT2D eigenvalue weighted by Crippen LogP contribution is 2.12. The Morgan fingerprint density at radius 1 is 1.19 bits per heavy atom. The molecule has 94 valence electrons. The number of hydrogen-bond acceptors (Lipinski definition) is 3. The van der Waals surface area contributed by atoms with Gasteiger partial charge in [0, 0.05) is 19.6 Å². The normalized spacial score (nSPS) is 27.3. The van der Waals surface area contributed by atoms with Gasteiger partial charge in [-0.2, -0.15) is 0 Å². The van der Waals surface area contributed by atoms with Crippen molar-refractivity contribution in [3.8, 4) is 0 Å². The van der Waals surface area contributed by atoms with E-state index in [2.05, 4.69) is 22.2 Å². The molecule has 1 N–H and O–H groups in total. The van der Waals surface area contributed by atoms with Gasteiger partial charge in [-0.05, 0) is 39.4 Å². The number of rotatable bonds is 1. The van der Waals surface area contributed by atoms with E-state index in [0.29, 0.717) is 6.04 Å². The number of thiocarbonyl (C=S) groups is 1. The monoisotopic (exact) mass is 243 g/mol. The topological polar surface area (TPSA) is 18.5 Å². The zero-order chi connectivity index (χ0) is 10.7. The van der Waals surface area contributed by atoms with Crippen LogP contribution >= 0.6 is 12.2 Å². The summed E-state index contributed by atoms with van der Waals surface area (Å²) in [5, 5.41) is 3.49. The first kappa shape index (κ1) is 13.9. The van der Waals surface area contributed by atoms with Gasteiger partial charge in [-0.15, -0.1) is 0 Å². The minimum atomic E-state index is 0. The van der Waals surface area contributed by atoms with E-state index in [1.807, 2.05) is 0 Å². The van der Waals surface area contributed by atoms with Gasteiger partial charge in [0.15, 0.2) is 0 Å². The second kappa shape index (κ2) is 6.52. The van der Waals surface area contributed by atoms with E-state index in [-0.39, 0.29) is 7.43 Å². The Hall–Kier alpha value is -0.190. The molecule has 0 bridgehead atoms. The van der Waals surface area contributed by atoms with Crippen molar-refractivity contribution in [1.29, 1.82) is 0 Å². The number of nitrogens with one attached hydrogen (secondary N) is 1. The Morgan fingerprint density at radius 3 is 2.69 bits per heavy atom. The van der Waals surface area contributed by atoms with Gasteiger partial charge in [0.1, 0.15) is 0 Å². The smallest absolute Gasteiger partial charge is 0.0952 e. The predicted molar refractivity (Wildman–Crippen MR) is 74.0 cm³/mol. The number of hydrogen-bond donors (Lipinski definition) is 1. The van der Waals surface area contributed by atoms with Crippen LogP contribution in [0.2, 0.25) is 0 Å². The van der Waals surface area contributed by atoms with Crippen LogP contribution in [0.15, 0.2) is 0 Å². The molecule has 0 amide bonds. The first-order valence-electron chi connectivity index (χ1n) is 5.98. The third-order valence-electron chi connectivity index (χ3n) is 3.39. The lowest BCUT2D eigenvalue weighted by Crippen LogP contribution is -2.43. The van der Waals surface area contributed by atoms with Crippen molar-refractivity contribution in [2.75, 3.05) is 39.8 Å². The molecule has 2 heterocycles. The highest BCUT2D eigenvalue weighted by atomic mass is 32.1. The van der Waals surface area contributed by atoms with Crippen LogP contribution in [-0.4, -0.2) is 60.6 Å². The molecule has 1 atom stereocenters. The quantitative estimate of drug-likeness (QED) is 0.700. The van der Waals surface area contributed by atoms with Gasteiger partial charge in [0.05, 0.1) is 11.0 Å². The maximum absolute atomic E-state index is 5.58. The van der Waals surface area contributed by atoms with Gasteiger partial charge in [-0.1, -0.05) is 19.6 Å². The molecule has 1 unspecified atom stereocenters. The van der Waals surface area contributed by atoms with Crippen LogP contribution in [0, 0.1) is 0 Å². The Bertz CT molecular complexity index is 226. The summed E-state index contributed by atoms with van der Waals surface area (Å²) in [6.45, 7) is 5.73. The van der Waals surface area contributed by atoms with Crippen molar-refractivity contribution in [2.24, 2.45) is 0 Å². The predicted octanol–water partition coefficient (Wildman–Crippen LogP) is 1.34. The Kier molecular flexibility index (Phi) is 5.66. The van der Waals surface area contributed by atoms with Gasteiger partial charge in [-0.3, -0.25) is 0 Å². The van der Waals surface area contributed by atoms with Crippen molar-refractivity contribution in [1.82, 2.24) is 15.1 Å². The standard InChI is InChI=1S/C11H21N3S.CH4/c1-13-6-3-7-14(9-8-13)11(15)10-4-2-5-12-10;/h10,12H,2-9H2,1H3;1H4. The first-order valence-corrected chi connectivity index (χ1v) is 6.39. The molecule has 0 aromatic heterocycles. The van der Waals surface area contributed by atoms with Crippen LogP contribution in [0.4, 0.5) is 0 Å². The van der Waals surface area contributed by atoms with Crippen LogP contribution in [0.25, 0.3) is 0 Å². The van der Waals surface area contributed by atoms with Gasteiger partial charge in [-0.25, -0.2) is 0 Å². The molecule has 0 radical (unpaired) electrons. The number of likely N-dealkylation sites (N-methyl/N-ethyl adjacent to an activating group) is 1. The zero-order valence-electron chi connectivity index (χ0n) is 9.54. The molecule has 2 rings (SSSR count). The molecule has 0 aliphatic carbocycles. The number of nitrogens with zero attached hydrogens (tertiary/aromatic N) is 2. The first-order chi connectivity index (χ1) is 7.27. The second-order valence-electron chi connectivity index (χ2n) is 4.63. The average Bonchev–Trinajstić information content (AvgIpc) is 2.67. The third-order valence-corrected chi connectivity index (χ3v) is 3.93. The summed E-state index contributed by atoms with van der Waals surface area (Å²) >= 11 is 5.58. The van der Waals surface area contributed by atoms with E-state index in [9.17, 15) is 0 Å². The molecule has 2 fully saturated rings. The molecule has 0 aromatic rings. The molecular weight excluding hydrogens is 218 g/mol. The fourth-order valence-corrected chi connectivity index (χ4v) is 2.77. The summed E-state index contributed by atoms with van der Waals surface area (Å²) in [7, 11) is 2.19. The summed E-state index contributed by atoms with van der Waals surface area (Å²) < 4.78 is 0. The van der Waals surface area contributed by atoms with Gasteiger partial charge in [0.25, 0.3) is 0 Å². The van der Waals surface area contributed by atoms with E-state index in [4.69, 9.17) is 12.2 Å². The molecule has 3 nitrogen and oxygen atoms in total. The fraction of sp³-hybridized carbons (Fsp3) is 0.917. The van der Waals surface area contributed by atoms with Crippen LogP contribution in [0.5, 0.6) is 0 Å². The molecule has 2 aliphatic rings. The van der Waals surface area contributed by atoms with E-state index in [1.54, 1.807) is 0 Å². The molecule has 2 saturated heterocycles. The minimum absolute atomic E-state index is 0. The largest absolute Gasteiger partial charge is 0.364 e. The van der Waals surface area contributed by atoms with Crippen molar-refractivity contribution in [3.05, 3.63) is 0 Å². The van der Waals surface area contributed by atoms with Gasteiger partial charge < -0.3 is 15.1 Å². The van der Waals surface area contributed by atoms with Crippen molar-refractivity contribution < 1.29 is 0 Å². The summed E-state index contributed by atoms with van der Waals surface area (Å²) in [4.78, 5) is 5.95. The summed E-state index contributed by atoms with van der Waals surface area (Å²) in [6.07, 6.45) is 3.74. The summed E-state index contributed by atoms with van der Waals surface area (Å²) in [6, 6.07) is 0.475. The molecule has 16 heavy (non-hydrogen) atoms. The molecule has 0 saturated carbocycles. The Morgan fingerprint density at radius 2 is 2.00 bits per heavy atom. The third kappa shape index (κ3) is 3.40. The zero-order valence-corrected chi connectivity index (χ0v) is 10.4. The maximum atomic E-state index is 5.58. The Balaban J connectivity index is 0.00000128. The molecular formula is C12H25N3S. The van der Waals surface area contributed by atoms with E-state index in [1.165, 1.54) is 25.8 Å². The summed E-state index contributed by atoms with van der Waals surface area (Å²) in [5.74, 6) is 0. The van der Waals surface area contributed by atoms with Crippen LogP contribution in [0.1, 0.15) is 26.7 Å². The van der Waals surface area contributed by atoms with Crippen LogP contribution in [0.3, 0.4) is 0 Å². The SMILES string of the molecule is C.CN1CCCN(C(=S)C2CCCN2)CC1. The van der Waals surface area contributed by atoms with Crippen LogP contribution < -0.4 is 5.32 Å². The molecule has 0 spiro atoms. The molecule has 4 heteroatoms. The molecule has 0 aromatic carbocycles. The average molecular weight is 243 g/mol. The van der Waals surface area contributed by atoms with Crippen molar-refractivity contribution >= 4 is 17.2 Å². The lowest BCUT2D eigenvalue weighted by Gasteiger charge is -2.27. The van der Waals surface area contributed by atoms with E-state index >= 15 is 0 Å².